The van der Waals surface area contributed by atoms with Gasteiger partial charge in [0.2, 0.25) is 0 Å². The van der Waals surface area contributed by atoms with Crippen LogP contribution < -0.4 is 5.32 Å². The highest BCUT2D eigenvalue weighted by Crippen LogP contribution is 2.40. The Morgan fingerprint density at radius 3 is 2.75 bits per heavy atom. The molecule has 1 nitrogen and oxygen atoms in total. The van der Waals surface area contributed by atoms with Gasteiger partial charge in [-0.2, -0.15) is 11.8 Å². The van der Waals surface area contributed by atoms with Crippen molar-refractivity contribution in [3.63, 3.8) is 0 Å². The summed E-state index contributed by atoms with van der Waals surface area (Å²) < 4.78 is 0.515. The van der Waals surface area contributed by atoms with Gasteiger partial charge >= 0.3 is 0 Å². The third-order valence-corrected chi connectivity index (χ3v) is 6.66. The summed E-state index contributed by atoms with van der Waals surface area (Å²) in [7, 11) is 0. The topological polar surface area (TPSA) is 12.0 Å². The number of fused-ring (bicyclic) bond motifs is 1. The first-order valence-electron chi connectivity index (χ1n) is 8.19. The molecule has 0 aliphatic heterocycles. The van der Waals surface area contributed by atoms with E-state index >= 15 is 0 Å². The van der Waals surface area contributed by atoms with Crippen LogP contribution in [0.1, 0.15) is 62.1 Å². The quantitative estimate of drug-likeness (QED) is 0.805. The average molecular weight is 289 g/mol. The van der Waals surface area contributed by atoms with Crippen LogP contribution in [-0.4, -0.2) is 17.5 Å². The Hall–Kier alpha value is -0.470. The van der Waals surface area contributed by atoms with Crippen LogP contribution >= 0.6 is 11.8 Å². The first-order chi connectivity index (χ1) is 9.83. The Morgan fingerprint density at radius 2 is 1.95 bits per heavy atom. The van der Waals surface area contributed by atoms with Crippen LogP contribution in [0.4, 0.5) is 0 Å². The highest BCUT2D eigenvalue weighted by atomic mass is 32.2. The predicted molar refractivity (Wildman–Crippen MR) is 89.5 cm³/mol. The Balaban J connectivity index is 1.70. The van der Waals surface area contributed by atoms with Crippen molar-refractivity contribution in [3.05, 3.63) is 35.4 Å². The monoisotopic (exact) mass is 289 g/mol. The van der Waals surface area contributed by atoms with Gasteiger partial charge in [0.1, 0.15) is 0 Å². The predicted octanol–water partition coefficient (Wildman–Crippen LogP) is 4.72. The number of aryl methyl sites for hydroxylation is 1. The minimum Gasteiger partial charge on any atom is -0.309 e. The van der Waals surface area contributed by atoms with E-state index in [-0.39, 0.29) is 0 Å². The van der Waals surface area contributed by atoms with Crippen LogP contribution in [0.3, 0.4) is 0 Å². The molecule has 20 heavy (non-hydrogen) atoms. The van der Waals surface area contributed by atoms with Gasteiger partial charge in [-0.15, -0.1) is 0 Å². The molecule has 1 saturated carbocycles. The molecular formula is C18H27NS. The zero-order valence-electron chi connectivity index (χ0n) is 12.7. The lowest BCUT2D eigenvalue weighted by molar-refractivity contribution is 0.443. The van der Waals surface area contributed by atoms with E-state index in [1.807, 2.05) is 0 Å². The van der Waals surface area contributed by atoms with E-state index in [0.717, 1.165) is 0 Å². The van der Waals surface area contributed by atoms with E-state index in [2.05, 4.69) is 47.6 Å². The standard InChI is InChI=1S/C18H27NS/c1-20-18(12-6-7-13-18)14-19-17-11-5-3-9-15-8-2-4-10-16(15)17/h2,4,8,10,17,19H,3,5-7,9,11-14H2,1H3. The summed E-state index contributed by atoms with van der Waals surface area (Å²) in [5.41, 5.74) is 3.14. The highest BCUT2D eigenvalue weighted by Gasteiger charge is 2.33. The first kappa shape index (κ1) is 14.5. The van der Waals surface area contributed by atoms with Crippen molar-refractivity contribution in [3.8, 4) is 0 Å². The van der Waals surface area contributed by atoms with Crippen molar-refractivity contribution < 1.29 is 0 Å². The van der Waals surface area contributed by atoms with Crippen LogP contribution in [0.5, 0.6) is 0 Å². The fraction of sp³-hybridized carbons (Fsp3) is 0.667. The number of hydrogen-bond donors (Lipinski definition) is 1. The molecule has 1 N–H and O–H groups in total. The van der Waals surface area contributed by atoms with Gasteiger partial charge in [-0.05, 0) is 49.5 Å². The number of hydrogen-bond acceptors (Lipinski definition) is 2. The maximum atomic E-state index is 3.93. The smallest absolute Gasteiger partial charge is 0.0323 e. The molecule has 110 valence electrons. The molecular weight excluding hydrogens is 262 g/mol. The van der Waals surface area contributed by atoms with Crippen molar-refractivity contribution in [2.75, 3.05) is 12.8 Å². The van der Waals surface area contributed by atoms with E-state index in [0.29, 0.717) is 10.8 Å². The molecule has 3 rings (SSSR count). The zero-order valence-corrected chi connectivity index (χ0v) is 13.5. The third kappa shape index (κ3) is 3.07. The van der Waals surface area contributed by atoms with Gasteiger partial charge in [-0.1, -0.05) is 43.5 Å². The number of thioether (sulfide) groups is 1. The maximum absolute atomic E-state index is 3.93. The summed E-state index contributed by atoms with van der Waals surface area (Å²) in [5, 5.41) is 3.93. The van der Waals surface area contributed by atoms with Gasteiger partial charge < -0.3 is 5.32 Å². The molecule has 0 saturated heterocycles. The van der Waals surface area contributed by atoms with Crippen LogP contribution in [-0.2, 0) is 6.42 Å². The lowest BCUT2D eigenvalue weighted by Crippen LogP contribution is -2.37. The molecule has 1 fully saturated rings. The van der Waals surface area contributed by atoms with Gasteiger partial charge in [0.15, 0.2) is 0 Å². The first-order valence-corrected chi connectivity index (χ1v) is 9.42. The lowest BCUT2D eigenvalue weighted by Gasteiger charge is -2.30. The minimum absolute atomic E-state index is 0.515. The Bertz CT molecular complexity index is 437. The van der Waals surface area contributed by atoms with Gasteiger partial charge in [0.05, 0.1) is 0 Å². The van der Waals surface area contributed by atoms with E-state index in [9.17, 15) is 0 Å². The van der Waals surface area contributed by atoms with E-state index in [4.69, 9.17) is 0 Å². The van der Waals surface area contributed by atoms with E-state index in [1.54, 1.807) is 11.1 Å². The molecule has 0 radical (unpaired) electrons. The SMILES string of the molecule is CSC1(CNC2CCCCc3ccccc32)CCCC1. The molecule has 0 heterocycles. The zero-order chi connectivity index (χ0) is 13.8. The fourth-order valence-electron chi connectivity index (χ4n) is 3.91. The number of nitrogens with one attached hydrogen (secondary N) is 1. The van der Waals surface area contributed by atoms with Crippen LogP contribution in [0.15, 0.2) is 24.3 Å². The van der Waals surface area contributed by atoms with Gasteiger partial charge in [0.25, 0.3) is 0 Å². The summed E-state index contributed by atoms with van der Waals surface area (Å²) in [6.07, 6.45) is 13.2. The van der Waals surface area contributed by atoms with Crippen LogP contribution in [0, 0.1) is 0 Å². The molecule has 1 aromatic rings. The van der Waals surface area contributed by atoms with Crippen molar-refractivity contribution >= 4 is 11.8 Å². The average Bonchev–Trinajstić information content (AvgIpc) is 2.87. The van der Waals surface area contributed by atoms with Crippen molar-refractivity contribution in [2.45, 2.75) is 62.2 Å². The largest absolute Gasteiger partial charge is 0.309 e. The van der Waals surface area contributed by atoms with Crippen LogP contribution in [0.2, 0.25) is 0 Å². The molecule has 1 unspecified atom stereocenters. The van der Waals surface area contributed by atoms with E-state index < -0.39 is 0 Å². The van der Waals surface area contributed by atoms with Crippen LogP contribution in [0.25, 0.3) is 0 Å². The number of benzene rings is 1. The second-order valence-electron chi connectivity index (χ2n) is 6.47. The summed E-state index contributed by atoms with van der Waals surface area (Å²) in [6.45, 7) is 1.19. The second-order valence-corrected chi connectivity index (χ2v) is 7.75. The molecule has 0 bridgehead atoms. The number of rotatable bonds is 4. The van der Waals surface area contributed by atoms with E-state index in [1.165, 1.54) is 57.9 Å². The molecule has 0 amide bonds. The Labute approximate surface area is 127 Å². The Kier molecular flexibility index (Phi) is 4.72. The van der Waals surface area contributed by atoms with Gasteiger partial charge in [-0.25, -0.2) is 0 Å². The van der Waals surface area contributed by atoms with Crippen molar-refractivity contribution in [1.82, 2.24) is 5.32 Å². The van der Waals surface area contributed by atoms with Crippen molar-refractivity contribution in [1.29, 1.82) is 0 Å². The second kappa shape index (κ2) is 6.53. The molecule has 0 aromatic heterocycles. The van der Waals surface area contributed by atoms with Gasteiger partial charge in [0, 0.05) is 17.3 Å². The highest BCUT2D eigenvalue weighted by molar-refractivity contribution is 8.00. The van der Waals surface area contributed by atoms with Crippen molar-refractivity contribution in [2.24, 2.45) is 0 Å². The third-order valence-electron chi connectivity index (χ3n) is 5.24. The summed E-state index contributed by atoms with van der Waals surface area (Å²) >= 11 is 2.09. The summed E-state index contributed by atoms with van der Waals surface area (Å²) in [4.78, 5) is 0. The Morgan fingerprint density at radius 1 is 1.15 bits per heavy atom. The fourth-order valence-corrected chi connectivity index (χ4v) is 4.84. The normalized spacial score (nSPS) is 25.1. The summed E-state index contributed by atoms with van der Waals surface area (Å²) in [5.74, 6) is 0. The summed E-state index contributed by atoms with van der Waals surface area (Å²) in [6, 6.07) is 9.66. The van der Waals surface area contributed by atoms with Gasteiger partial charge in [-0.3, -0.25) is 0 Å². The molecule has 2 heteroatoms. The molecule has 1 atom stereocenters. The molecule has 1 aromatic carbocycles. The molecule has 2 aliphatic rings. The lowest BCUT2D eigenvalue weighted by atomic mass is 9.98. The molecule has 0 spiro atoms. The maximum Gasteiger partial charge on any atom is 0.0323 e. The molecule has 2 aliphatic carbocycles. The minimum atomic E-state index is 0.515.